The molecule has 0 spiro atoms. The lowest BCUT2D eigenvalue weighted by Gasteiger charge is -2.18. The van der Waals surface area contributed by atoms with Crippen molar-refractivity contribution in [1.82, 2.24) is 9.88 Å². The monoisotopic (exact) mass is 368 g/mol. The molecule has 0 fully saturated rings. The molecule has 0 aliphatic heterocycles. The minimum atomic E-state index is -0.242. The van der Waals surface area contributed by atoms with Gasteiger partial charge in [-0.2, -0.15) is 0 Å². The molecule has 0 aliphatic carbocycles. The molecule has 26 heavy (non-hydrogen) atoms. The van der Waals surface area contributed by atoms with Gasteiger partial charge in [-0.25, -0.2) is 9.37 Å². The largest absolute Gasteiger partial charge is 0.468 e. The normalized spacial score (nSPS) is 11.3. The lowest BCUT2D eigenvalue weighted by atomic mass is 10.2. The van der Waals surface area contributed by atoms with Gasteiger partial charge in [0.05, 0.1) is 31.3 Å². The SMILES string of the molecule is Fc1ccc(-c2nc(CN(Cc3ccco3)Cc3ccco3)cs2)cc1. The molecule has 132 valence electrons. The Labute approximate surface area is 154 Å². The van der Waals surface area contributed by atoms with Crippen LogP contribution in [0.3, 0.4) is 0 Å². The second kappa shape index (κ2) is 7.68. The fourth-order valence-corrected chi connectivity index (χ4v) is 3.56. The van der Waals surface area contributed by atoms with Crippen molar-refractivity contribution in [2.24, 2.45) is 0 Å². The molecule has 3 heterocycles. The molecule has 1 aromatic carbocycles. The summed E-state index contributed by atoms with van der Waals surface area (Å²) < 4.78 is 24.1. The molecule has 0 aliphatic rings. The third kappa shape index (κ3) is 4.09. The van der Waals surface area contributed by atoms with E-state index in [1.54, 1.807) is 36.0 Å². The van der Waals surface area contributed by atoms with E-state index in [9.17, 15) is 4.39 Å². The molecule has 0 bridgehead atoms. The van der Waals surface area contributed by atoms with Crippen LogP contribution in [-0.2, 0) is 19.6 Å². The molecule has 0 atom stereocenters. The van der Waals surface area contributed by atoms with Gasteiger partial charge in [0.15, 0.2) is 0 Å². The van der Waals surface area contributed by atoms with Gasteiger partial charge >= 0.3 is 0 Å². The summed E-state index contributed by atoms with van der Waals surface area (Å²) in [4.78, 5) is 6.91. The van der Waals surface area contributed by atoms with Crippen LogP contribution in [0.15, 0.2) is 75.3 Å². The van der Waals surface area contributed by atoms with Crippen molar-refractivity contribution >= 4 is 11.3 Å². The van der Waals surface area contributed by atoms with Crippen LogP contribution in [0.1, 0.15) is 17.2 Å². The predicted molar refractivity (Wildman–Crippen MR) is 97.9 cm³/mol. The zero-order valence-electron chi connectivity index (χ0n) is 14.0. The molecule has 0 saturated heterocycles. The molecule has 3 aromatic heterocycles. The van der Waals surface area contributed by atoms with Crippen molar-refractivity contribution in [3.05, 3.63) is 89.5 Å². The van der Waals surface area contributed by atoms with Crippen molar-refractivity contribution in [2.75, 3.05) is 0 Å². The summed E-state index contributed by atoms with van der Waals surface area (Å²) in [6.07, 6.45) is 3.35. The third-order valence-corrected chi connectivity index (χ3v) is 4.89. The Morgan fingerprint density at radius 2 is 1.54 bits per heavy atom. The number of rotatable bonds is 7. The number of aromatic nitrogens is 1. The Morgan fingerprint density at radius 3 is 2.12 bits per heavy atom. The van der Waals surface area contributed by atoms with Crippen LogP contribution in [0, 0.1) is 5.82 Å². The fourth-order valence-electron chi connectivity index (χ4n) is 2.75. The van der Waals surface area contributed by atoms with Crippen LogP contribution >= 0.6 is 11.3 Å². The number of hydrogen-bond acceptors (Lipinski definition) is 5. The standard InChI is InChI=1S/C20H17FN2O2S/c21-16-7-5-15(6-8-16)20-22-17(14-26-20)11-23(12-18-3-1-9-24-18)13-19-4-2-10-25-19/h1-10,14H,11-13H2. The van der Waals surface area contributed by atoms with Gasteiger partial charge in [0.1, 0.15) is 22.3 Å². The lowest BCUT2D eigenvalue weighted by molar-refractivity contribution is 0.207. The predicted octanol–water partition coefficient (Wildman–Crippen LogP) is 5.34. The smallest absolute Gasteiger partial charge is 0.123 e. The number of hydrogen-bond donors (Lipinski definition) is 0. The summed E-state index contributed by atoms with van der Waals surface area (Å²) in [5.41, 5.74) is 1.89. The van der Waals surface area contributed by atoms with E-state index in [4.69, 9.17) is 13.8 Å². The minimum Gasteiger partial charge on any atom is -0.468 e. The van der Waals surface area contributed by atoms with Crippen molar-refractivity contribution in [1.29, 1.82) is 0 Å². The number of benzene rings is 1. The number of halogens is 1. The summed E-state index contributed by atoms with van der Waals surface area (Å²) in [5, 5.41) is 2.92. The Hall–Kier alpha value is -2.70. The van der Waals surface area contributed by atoms with Gasteiger partial charge in [-0.15, -0.1) is 11.3 Å². The van der Waals surface area contributed by atoms with Crippen LogP contribution in [0.4, 0.5) is 4.39 Å². The Morgan fingerprint density at radius 1 is 0.885 bits per heavy atom. The van der Waals surface area contributed by atoms with Crippen molar-refractivity contribution in [3.8, 4) is 10.6 Å². The van der Waals surface area contributed by atoms with Crippen LogP contribution in [-0.4, -0.2) is 9.88 Å². The van der Waals surface area contributed by atoms with E-state index in [-0.39, 0.29) is 5.82 Å². The maximum Gasteiger partial charge on any atom is 0.123 e. The van der Waals surface area contributed by atoms with E-state index in [2.05, 4.69) is 4.90 Å². The maximum absolute atomic E-state index is 13.1. The van der Waals surface area contributed by atoms with Gasteiger partial charge in [0.25, 0.3) is 0 Å². The first-order valence-corrected chi connectivity index (χ1v) is 9.12. The summed E-state index contributed by atoms with van der Waals surface area (Å²) in [6, 6.07) is 14.1. The van der Waals surface area contributed by atoms with Gasteiger partial charge in [-0.05, 0) is 48.5 Å². The number of thiazole rings is 1. The summed E-state index contributed by atoms with van der Waals surface area (Å²) in [7, 11) is 0. The van der Waals surface area contributed by atoms with E-state index in [1.807, 2.05) is 29.6 Å². The average Bonchev–Trinajstić information content (AvgIpc) is 3.38. The second-order valence-electron chi connectivity index (χ2n) is 5.95. The molecule has 4 aromatic rings. The Kier molecular flexibility index (Phi) is 4.95. The first-order chi connectivity index (χ1) is 12.8. The molecule has 4 nitrogen and oxygen atoms in total. The van der Waals surface area contributed by atoms with Crippen LogP contribution in [0.25, 0.3) is 10.6 Å². The highest BCUT2D eigenvalue weighted by molar-refractivity contribution is 7.13. The van der Waals surface area contributed by atoms with E-state index >= 15 is 0 Å². The van der Waals surface area contributed by atoms with E-state index in [0.29, 0.717) is 19.6 Å². The molecular formula is C20H17FN2O2S. The fraction of sp³-hybridized carbons (Fsp3) is 0.150. The van der Waals surface area contributed by atoms with Crippen molar-refractivity contribution in [2.45, 2.75) is 19.6 Å². The molecule has 0 radical (unpaired) electrons. The second-order valence-corrected chi connectivity index (χ2v) is 6.81. The quantitative estimate of drug-likeness (QED) is 0.442. The topological polar surface area (TPSA) is 42.4 Å². The van der Waals surface area contributed by atoms with Crippen LogP contribution in [0.5, 0.6) is 0 Å². The molecule has 4 rings (SSSR count). The van der Waals surface area contributed by atoms with Gasteiger partial charge in [0, 0.05) is 17.5 Å². The average molecular weight is 368 g/mol. The lowest BCUT2D eigenvalue weighted by Crippen LogP contribution is -2.22. The molecule has 0 saturated carbocycles. The zero-order valence-corrected chi connectivity index (χ0v) is 14.8. The number of furan rings is 2. The Balaban J connectivity index is 1.50. The summed E-state index contributed by atoms with van der Waals surface area (Å²) >= 11 is 1.56. The minimum absolute atomic E-state index is 0.242. The van der Waals surface area contributed by atoms with E-state index in [0.717, 1.165) is 27.8 Å². The molecule has 0 amide bonds. The highest BCUT2D eigenvalue weighted by Gasteiger charge is 2.14. The first-order valence-electron chi connectivity index (χ1n) is 8.24. The third-order valence-electron chi connectivity index (χ3n) is 3.95. The number of nitrogens with zero attached hydrogens (tertiary/aromatic N) is 2. The van der Waals surface area contributed by atoms with Crippen molar-refractivity contribution in [3.63, 3.8) is 0 Å². The molecular weight excluding hydrogens is 351 g/mol. The van der Waals surface area contributed by atoms with Gasteiger partial charge in [0.2, 0.25) is 0 Å². The molecule has 0 N–H and O–H groups in total. The van der Waals surface area contributed by atoms with E-state index in [1.165, 1.54) is 12.1 Å². The van der Waals surface area contributed by atoms with Crippen LogP contribution < -0.4 is 0 Å². The Bertz CT molecular complexity index is 895. The first kappa shape index (κ1) is 16.8. The highest BCUT2D eigenvalue weighted by Crippen LogP contribution is 2.25. The summed E-state index contributed by atoms with van der Waals surface area (Å²) in [6.45, 7) is 1.99. The zero-order chi connectivity index (χ0) is 17.8. The van der Waals surface area contributed by atoms with Gasteiger partial charge < -0.3 is 8.83 Å². The maximum atomic E-state index is 13.1. The van der Waals surface area contributed by atoms with Gasteiger partial charge in [-0.1, -0.05) is 0 Å². The molecule has 0 unspecified atom stereocenters. The van der Waals surface area contributed by atoms with Crippen molar-refractivity contribution < 1.29 is 13.2 Å². The van der Waals surface area contributed by atoms with Gasteiger partial charge in [-0.3, -0.25) is 4.90 Å². The van der Waals surface area contributed by atoms with Crippen LogP contribution in [0.2, 0.25) is 0 Å². The summed E-state index contributed by atoms with van der Waals surface area (Å²) in [5.74, 6) is 1.55. The highest BCUT2D eigenvalue weighted by atomic mass is 32.1. The van der Waals surface area contributed by atoms with E-state index < -0.39 is 0 Å². The molecule has 6 heteroatoms.